The van der Waals surface area contributed by atoms with Gasteiger partial charge in [-0.25, -0.2) is 0 Å². The summed E-state index contributed by atoms with van der Waals surface area (Å²) in [5, 5.41) is 9.38. The number of rotatable bonds is 7. The summed E-state index contributed by atoms with van der Waals surface area (Å²) < 4.78 is 5.27. The lowest BCUT2D eigenvalue weighted by molar-refractivity contribution is -0.140. The fraction of sp³-hybridized carbons (Fsp3) is 0.350. The number of carbonyl (C=O) groups excluding carboxylic acids is 2. The van der Waals surface area contributed by atoms with Gasteiger partial charge in [0.05, 0.1) is 0 Å². The first-order valence-corrected chi connectivity index (χ1v) is 9.67. The lowest BCUT2D eigenvalue weighted by Crippen LogP contribution is -2.43. The molecule has 0 aromatic heterocycles. The van der Waals surface area contributed by atoms with Crippen LogP contribution in [-0.4, -0.2) is 42.7 Å². The summed E-state index contributed by atoms with van der Waals surface area (Å²) >= 11 is 1.64. The van der Waals surface area contributed by atoms with E-state index in [1.807, 2.05) is 43.5 Å². The van der Waals surface area contributed by atoms with Crippen LogP contribution in [0.4, 0.5) is 0 Å². The van der Waals surface area contributed by atoms with Crippen LogP contribution in [-0.2, 0) is 14.3 Å². The van der Waals surface area contributed by atoms with Gasteiger partial charge in [0.2, 0.25) is 0 Å². The van der Waals surface area contributed by atoms with Gasteiger partial charge in [0.1, 0.15) is 11.6 Å². The number of amides is 2. The van der Waals surface area contributed by atoms with Crippen LogP contribution in [0, 0.1) is 11.3 Å². The average molecular weight is 370 g/mol. The molecule has 5 nitrogen and oxygen atoms in total. The van der Waals surface area contributed by atoms with Crippen LogP contribution in [0.1, 0.15) is 25.8 Å². The molecule has 1 aromatic carbocycles. The van der Waals surface area contributed by atoms with Crippen molar-refractivity contribution >= 4 is 29.7 Å². The Morgan fingerprint density at radius 3 is 2.50 bits per heavy atom. The van der Waals surface area contributed by atoms with Crippen LogP contribution in [0.2, 0.25) is 0 Å². The second kappa shape index (κ2) is 9.37. The number of imide groups is 1. The Morgan fingerprint density at radius 2 is 1.92 bits per heavy atom. The Labute approximate surface area is 158 Å². The second-order valence-corrected chi connectivity index (χ2v) is 6.64. The molecule has 26 heavy (non-hydrogen) atoms. The molecule has 0 atom stereocenters. The highest BCUT2D eigenvalue weighted by molar-refractivity contribution is 7.98. The van der Waals surface area contributed by atoms with Crippen LogP contribution in [0.15, 0.2) is 45.9 Å². The molecule has 0 bridgehead atoms. The van der Waals surface area contributed by atoms with E-state index in [9.17, 15) is 14.9 Å². The third kappa shape index (κ3) is 4.43. The number of carbonyl (C=O) groups is 2. The van der Waals surface area contributed by atoms with E-state index in [0.717, 1.165) is 15.4 Å². The molecule has 0 radical (unpaired) electrons. The van der Waals surface area contributed by atoms with E-state index in [2.05, 4.69) is 0 Å². The Morgan fingerprint density at radius 1 is 1.23 bits per heavy atom. The summed E-state index contributed by atoms with van der Waals surface area (Å²) in [6.07, 6.45) is 4.27. The third-order valence-corrected chi connectivity index (χ3v) is 4.87. The molecule has 136 valence electrons. The minimum atomic E-state index is -0.527. The van der Waals surface area contributed by atoms with Crippen LogP contribution in [0.5, 0.6) is 0 Å². The topological polar surface area (TPSA) is 70.4 Å². The molecule has 1 heterocycles. The molecule has 0 saturated heterocycles. The van der Waals surface area contributed by atoms with E-state index in [1.54, 1.807) is 24.8 Å². The zero-order chi connectivity index (χ0) is 19.1. The largest absolute Gasteiger partial charge is 0.382 e. The number of benzene rings is 1. The lowest BCUT2D eigenvalue weighted by atomic mass is 9.93. The van der Waals surface area contributed by atoms with Gasteiger partial charge in [0.25, 0.3) is 11.8 Å². The van der Waals surface area contributed by atoms with Gasteiger partial charge in [-0.05, 0) is 55.9 Å². The van der Waals surface area contributed by atoms with Gasteiger partial charge in [-0.3, -0.25) is 14.5 Å². The van der Waals surface area contributed by atoms with Gasteiger partial charge < -0.3 is 4.74 Å². The summed E-state index contributed by atoms with van der Waals surface area (Å²) in [6, 6.07) is 9.73. The van der Waals surface area contributed by atoms with Crippen LogP contribution >= 0.6 is 11.8 Å². The van der Waals surface area contributed by atoms with Gasteiger partial charge in [-0.15, -0.1) is 11.8 Å². The van der Waals surface area contributed by atoms with Crippen LogP contribution in [0.25, 0.3) is 6.08 Å². The Hall–Kier alpha value is -2.36. The number of hydrogen-bond donors (Lipinski definition) is 0. The van der Waals surface area contributed by atoms with Crippen LogP contribution in [0.3, 0.4) is 0 Å². The van der Waals surface area contributed by atoms with Gasteiger partial charge >= 0.3 is 0 Å². The number of hydrogen-bond acceptors (Lipinski definition) is 5. The molecule has 2 rings (SSSR count). The van der Waals surface area contributed by atoms with E-state index in [-0.39, 0.29) is 18.0 Å². The first-order chi connectivity index (χ1) is 12.5. The molecular weight excluding hydrogens is 348 g/mol. The molecule has 1 aliphatic rings. The molecule has 2 amide bonds. The first-order valence-electron chi connectivity index (χ1n) is 8.44. The highest BCUT2D eigenvalue weighted by Crippen LogP contribution is 2.27. The monoisotopic (exact) mass is 370 g/mol. The minimum absolute atomic E-state index is 0.0213. The zero-order valence-electron chi connectivity index (χ0n) is 15.2. The maximum atomic E-state index is 12.8. The fourth-order valence-corrected chi connectivity index (χ4v) is 3.08. The average Bonchev–Trinajstić information content (AvgIpc) is 2.65. The normalized spacial score (nSPS) is 16.4. The van der Waals surface area contributed by atoms with Gasteiger partial charge in [-0.1, -0.05) is 12.1 Å². The molecule has 0 spiro atoms. The molecule has 6 heteroatoms. The predicted molar refractivity (Wildman–Crippen MR) is 102 cm³/mol. The highest BCUT2D eigenvalue weighted by atomic mass is 32.2. The van der Waals surface area contributed by atoms with Crippen molar-refractivity contribution in [2.75, 3.05) is 26.0 Å². The van der Waals surface area contributed by atoms with Crippen molar-refractivity contribution < 1.29 is 14.3 Å². The second-order valence-electron chi connectivity index (χ2n) is 5.76. The maximum Gasteiger partial charge on any atom is 0.271 e. The Bertz CT molecular complexity index is 788. The highest BCUT2D eigenvalue weighted by Gasteiger charge is 2.34. The van der Waals surface area contributed by atoms with Crippen molar-refractivity contribution in [3.63, 3.8) is 0 Å². The van der Waals surface area contributed by atoms with E-state index in [1.165, 1.54) is 0 Å². The van der Waals surface area contributed by atoms with Crippen molar-refractivity contribution in [2.45, 2.75) is 25.2 Å². The smallest absolute Gasteiger partial charge is 0.271 e. The van der Waals surface area contributed by atoms with Gasteiger partial charge in [0.15, 0.2) is 0 Å². The molecule has 0 unspecified atom stereocenters. The standard InChI is InChI=1S/C20H22N2O3S/c1-4-25-11-5-10-22-19(23)17(14(2)18(13-21)20(22)24)12-15-6-8-16(26-3)9-7-15/h6-9,12H,4-5,10-11H2,1-3H3/b17-12+. The number of thioether (sulfide) groups is 1. The van der Waals surface area contributed by atoms with E-state index >= 15 is 0 Å². The van der Waals surface area contributed by atoms with E-state index in [0.29, 0.717) is 30.8 Å². The van der Waals surface area contributed by atoms with Gasteiger partial charge in [-0.2, -0.15) is 5.26 Å². The van der Waals surface area contributed by atoms with Crippen molar-refractivity contribution in [2.24, 2.45) is 0 Å². The Balaban J connectivity index is 2.35. The van der Waals surface area contributed by atoms with Crippen molar-refractivity contribution in [1.82, 2.24) is 4.90 Å². The summed E-state index contributed by atoms with van der Waals surface area (Å²) in [6.45, 7) is 4.82. The molecular formula is C20H22N2O3S. The minimum Gasteiger partial charge on any atom is -0.382 e. The summed E-state index contributed by atoms with van der Waals surface area (Å²) in [5.41, 5.74) is 1.69. The lowest BCUT2D eigenvalue weighted by Gasteiger charge is -2.27. The summed E-state index contributed by atoms with van der Waals surface area (Å²) in [4.78, 5) is 27.6. The Kier molecular flexibility index (Phi) is 7.19. The van der Waals surface area contributed by atoms with Crippen molar-refractivity contribution in [1.29, 1.82) is 5.26 Å². The molecule has 0 aliphatic carbocycles. The third-order valence-electron chi connectivity index (χ3n) is 4.13. The quantitative estimate of drug-likeness (QED) is 0.318. The summed E-state index contributed by atoms with van der Waals surface area (Å²) in [5.74, 6) is -0.890. The maximum absolute atomic E-state index is 12.8. The predicted octanol–water partition coefficient (Wildman–Crippen LogP) is 3.43. The van der Waals surface area contributed by atoms with Gasteiger partial charge in [0, 0.05) is 30.2 Å². The molecule has 0 saturated carbocycles. The zero-order valence-corrected chi connectivity index (χ0v) is 16.1. The SMILES string of the molecule is CCOCCCN1C(=O)C(C#N)=C(C)/C(=C\c2ccc(SC)cc2)C1=O. The number of nitrogens with zero attached hydrogens (tertiary/aromatic N) is 2. The van der Waals surface area contributed by atoms with Crippen LogP contribution < -0.4 is 0 Å². The molecule has 0 fully saturated rings. The molecule has 1 aromatic rings. The fourth-order valence-electron chi connectivity index (χ4n) is 2.67. The number of nitriles is 1. The molecule has 1 aliphatic heterocycles. The van der Waals surface area contributed by atoms with Crippen molar-refractivity contribution in [3.8, 4) is 6.07 Å². The first kappa shape index (κ1) is 20.0. The van der Waals surface area contributed by atoms with E-state index < -0.39 is 5.91 Å². The summed E-state index contributed by atoms with van der Waals surface area (Å²) in [7, 11) is 0. The molecule has 0 N–H and O–H groups in total. The van der Waals surface area contributed by atoms with Crippen molar-refractivity contribution in [3.05, 3.63) is 46.5 Å². The number of ether oxygens (including phenoxy) is 1. The van der Waals surface area contributed by atoms with E-state index in [4.69, 9.17) is 4.74 Å².